The highest BCUT2D eigenvalue weighted by Crippen LogP contribution is 2.17. The van der Waals surface area contributed by atoms with Crippen LogP contribution in [0.4, 0.5) is 5.69 Å². The van der Waals surface area contributed by atoms with E-state index in [2.05, 4.69) is 34.0 Å². The van der Waals surface area contributed by atoms with Crippen molar-refractivity contribution in [1.29, 1.82) is 0 Å². The fraction of sp³-hybridized carbons (Fsp3) is 0.350. The first-order valence-corrected chi connectivity index (χ1v) is 10.8. The van der Waals surface area contributed by atoms with E-state index in [9.17, 15) is 8.42 Å². The van der Waals surface area contributed by atoms with E-state index in [1.165, 1.54) is 11.1 Å². The molecule has 7 heteroatoms. The van der Waals surface area contributed by atoms with E-state index in [1.807, 2.05) is 38.2 Å². The minimum absolute atomic E-state index is 0.374. The number of nitrogens with one attached hydrogen (secondary N) is 2. The van der Waals surface area contributed by atoms with Crippen LogP contribution in [0.25, 0.3) is 0 Å². The number of sulfonamides is 1. The first kappa shape index (κ1) is 20.8. The minimum atomic E-state index is -3.33. The van der Waals surface area contributed by atoms with Gasteiger partial charge in [-0.3, -0.25) is 4.72 Å². The normalized spacial score (nSPS) is 11.9. The summed E-state index contributed by atoms with van der Waals surface area (Å²) < 4.78 is 25.7. The SMILES string of the molecule is CCNC(=NCc1ccccc1NS(C)(=O)=O)N(C)Cc1ccccc1C. The van der Waals surface area contributed by atoms with Gasteiger partial charge in [-0.25, -0.2) is 13.4 Å². The van der Waals surface area contributed by atoms with E-state index in [0.717, 1.165) is 30.9 Å². The van der Waals surface area contributed by atoms with Crippen LogP contribution in [-0.4, -0.2) is 39.1 Å². The smallest absolute Gasteiger partial charge is 0.229 e. The quantitative estimate of drug-likeness (QED) is 0.565. The van der Waals surface area contributed by atoms with E-state index in [4.69, 9.17) is 4.99 Å². The van der Waals surface area contributed by atoms with Gasteiger partial charge >= 0.3 is 0 Å². The zero-order chi connectivity index (χ0) is 19.9. The summed E-state index contributed by atoms with van der Waals surface area (Å²) in [4.78, 5) is 6.76. The number of rotatable bonds is 7. The van der Waals surface area contributed by atoms with Crippen LogP contribution in [0.5, 0.6) is 0 Å². The molecular weight excluding hydrogens is 360 g/mol. The molecule has 0 spiro atoms. The van der Waals surface area contributed by atoms with Crippen molar-refractivity contribution in [1.82, 2.24) is 10.2 Å². The maximum Gasteiger partial charge on any atom is 0.229 e. The molecule has 6 nitrogen and oxygen atoms in total. The van der Waals surface area contributed by atoms with Crippen molar-refractivity contribution in [2.45, 2.75) is 26.9 Å². The van der Waals surface area contributed by atoms with Gasteiger partial charge in [-0.1, -0.05) is 42.5 Å². The van der Waals surface area contributed by atoms with Gasteiger partial charge in [0.2, 0.25) is 10.0 Å². The standard InChI is InChI=1S/C20H28N4O2S/c1-5-21-20(24(3)15-18-12-7-6-10-16(18)2)22-14-17-11-8-9-13-19(17)23-27(4,25)26/h6-13,23H,5,14-15H2,1-4H3,(H,21,22). The average molecular weight is 389 g/mol. The maximum atomic E-state index is 11.6. The lowest BCUT2D eigenvalue weighted by Gasteiger charge is -2.23. The van der Waals surface area contributed by atoms with Crippen LogP contribution in [0.15, 0.2) is 53.5 Å². The molecular formula is C20H28N4O2S. The van der Waals surface area contributed by atoms with Crippen LogP contribution < -0.4 is 10.0 Å². The van der Waals surface area contributed by atoms with Gasteiger partial charge in [-0.05, 0) is 36.6 Å². The number of para-hydroxylation sites is 1. The largest absolute Gasteiger partial charge is 0.357 e. The van der Waals surface area contributed by atoms with Crippen molar-refractivity contribution in [3.63, 3.8) is 0 Å². The summed E-state index contributed by atoms with van der Waals surface area (Å²) >= 11 is 0. The number of aryl methyl sites for hydroxylation is 1. The number of hydrogen-bond acceptors (Lipinski definition) is 3. The molecule has 0 saturated carbocycles. The molecule has 2 rings (SSSR count). The zero-order valence-corrected chi connectivity index (χ0v) is 17.2. The van der Waals surface area contributed by atoms with Crippen LogP contribution in [0.1, 0.15) is 23.6 Å². The van der Waals surface area contributed by atoms with Crippen LogP contribution >= 0.6 is 0 Å². The Balaban J connectivity index is 2.19. The molecule has 27 heavy (non-hydrogen) atoms. The summed E-state index contributed by atoms with van der Waals surface area (Å²) in [6.45, 7) is 5.98. The molecule has 0 aliphatic rings. The lowest BCUT2D eigenvalue weighted by atomic mass is 10.1. The van der Waals surface area contributed by atoms with Crippen molar-refractivity contribution < 1.29 is 8.42 Å². The molecule has 0 saturated heterocycles. The number of anilines is 1. The molecule has 0 unspecified atom stereocenters. The van der Waals surface area contributed by atoms with E-state index < -0.39 is 10.0 Å². The summed E-state index contributed by atoms with van der Waals surface area (Å²) in [6, 6.07) is 15.6. The Morgan fingerprint density at radius 2 is 1.70 bits per heavy atom. The van der Waals surface area contributed by atoms with Crippen LogP contribution in [0.2, 0.25) is 0 Å². The summed E-state index contributed by atoms with van der Waals surface area (Å²) in [5.41, 5.74) is 3.86. The molecule has 0 fully saturated rings. The summed E-state index contributed by atoms with van der Waals surface area (Å²) in [7, 11) is -1.34. The second kappa shape index (κ2) is 9.41. The molecule has 2 aromatic carbocycles. The topological polar surface area (TPSA) is 73.8 Å². The van der Waals surface area contributed by atoms with Crippen molar-refractivity contribution in [2.75, 3.05) is 24.6 Å². The lowest BCUT2D eigenvalue weighted by molar-refractivity contribution is 0.475. The lowest BCUT2D eigenvalue weighted by Crippen LogP contribution is -2.38. The van der Waals surface area contributed by atoms with Crippen molar-refractivity contribution in [3.8, 4) is 0 Å². The molecule has 0 amide bonds. The fourth-order valence-electron chi connectivity index (χ4n) is 2.71. The van der Waals surface area contributed by atoms with Crippen LogP contribution in [0, 0.1) is 6.92 Å². The number of nitrogens with zero attached hydrogens (tertiary/aromatic N) is 2. The Morgan fingerprint density at radius 3 is 2.33 bits per heavy atom. The monoisotopic (exact) mass is 388 g/mol. The molecule has 2 N–H and O–H groups in total. The second-order valence-electron chi connectivity index (χ2n) is 6.48. The van der Waals surface area contributed by atoms with Crippen LogP contribution in [0.3, 0.4) is 0 Å². The molecule has 0 atom stereocenters. The highest BCUT2D eigenvalue weighted by Gasteiger charge is 2.10. The van der Waals surface area contributed by atoms with Gasteiger partial charge in [-0.15, -0.1) is 0 Å². The number of benzene rings is 2. The van der Waals surface area contributed by atoms with Gasteiger partial charge in [0.1, 0.15) is 0 Å². The molecule has 146 valence electrons. The summed E-state index contributed by atoms with van der Waals surface area (Å²) in [6.07, 6.45) is 1.15. The van der Waals surface area contributed by atoms with Crippen LogP contribution in [-0.2, 0) is 23.1 Å². The number of aliphatic imine (C=N–C) groups is 1. The van der Waals surface area contributed by atoms with Crippen molar-refractivity contribution in [3.05, 3.63) is 65.2 Å². The highest BCUT2D eigenvalue weighted by molar-refractivity contribution is 7.92. The van der Waals surface area contributed by atoms with Gasteiger partial charge in [0, 0.05) is 20.1 Å². The van der Waals surface area contributed by atoms with Gasteiger partial charge in [-0.2, -0.15) is 0 Å². The van der Waals surface area contributed by atoms with E-state index in [1.54, 1.807) is 12.1 Å². The Kier molecular flexibility index (Phi) is 7.24. The minimum Gasteiger partial charge on any atom is -0.357 e. The van der Waals surface area contributed by atoms with E-state index in [0.29, 0.717) is 12.2 Å². The molecule has 2 aromatic rings. The molecule has 0 radical (unpaired) electrons. The predicted molar refractivity (Wildman–Crippen MR) is 112 cm³/mol. The second-order valence-corrected chi connectivity index (χ2v) is 8.23. The Morgan fingerprint density at radius 1 is 1.07 bits per heavy atom. The Bertz CT molecular complexity index is 894. The van der Waals surface area contributed by atoms with Gasteiger partial charge in [0.25, 0.3) is 0 Å². The average Bonchev–Trinajstić information content (AvgIpc) is 2.60. The van der Waals surface area contributed by atoms with Crippen molar-refractivity contribution in [2.24, 2.45) is 4.99 Å². The molecule has 0 bridgehead atoms. The fourth-order valence-corrected chi connectivity index (χ4v) is 3.30. The van der Waals surface area contributed by atoms with Gasteiger partial charge < -0.3 is 10.2 Å². The molecule has 0 heterocycles. The third-order valence-corrected chi connectivity index (χ3v) is 4.67. The Hall–Kier alpha value is -2.54. The van der Waals surface area contributed by atoms with Crippen molar-refractivity contribution >= 4 is 21.7 Å². The summed E-state index contributed by atoms with van der Waals surface area (Å²) in [5, 5.41) is 3.30. The highest BCUT2D eigenvalue weighted by atomic mass is 32.2. The van der Waals surface area contributed by atoms with E-state index in [-0.39, 0.29) is 0 Å². The molecule has 0 aliphatic heterocycles. The molecule has 0 aromatic heterocycles. The number of guanidine groups is 1. The first-order valence-electron chi connectivity index (χ1n) is 8.90. The van der Waals surface area contributed by atoms with E-state index >= 15 is 0 Å². The predicted octanol–water partition coefficient (Wildman–Crippen LogP) is 2.96. The van der Waals surface area contributed by atoms with Gasteiger partial charge in [0.15, 0.2) is 5.96 Å². The zero-order valence-electron chi connectivity index (χ0n) is 16.4. The van der Waals surface area contributed by atoms with Gasteiger partial charge in [0.05, 0.1) is 18.5 Å². The Labute approximate surface area is 162 Å². The summed E-state index contributed by atoms with van der Waals surface area (Å²) in [5.74, 6) is 0.773. The third kappa shape index (κ3) is 6.60. The third-order valence-electron chi connectivity index (χ3n) is 4.08. The number of hydrogen-bond donors (Lipinski definition) is 2. The first-order chi connectivity index (χ1) is 12.8. The maximum absolute atomic E-state index is 11.6. The molecule has 0 aliphatic carbocycles.